The molecular weight excluding hydrogens is 198 g/mol. The molecule has 0 heterocycles. The van der Waals surface area contributed by atoms with Crippen LogP contribution in [0.1, 0.15) is 31.7 Å². The first-order valence-corrected chi connectivity index (χ1v) is 6.23. The molecule has 1 aromatic rings. The van der Waals surface area contributed by atoms with Crippen molar-refractivity contribution in [2.45, 2.75) is 32.6 Å². The predicted octanol–water partition coefficient (Wildman–Crippen LogP) is 3.02. The molecule has 0 aliphatic heterocycles. The van der Waals surface area contributed by atoms with Crippen LogP contribution >= 0.6 is 0 Å². The molecule has 0 radical (unpaired) electrons. The summed E-state index contributed by atoms with van der Waals surface area (Å²) in [5.41, 5.74) is 1.34. The van der Waals surface area contributed by atoms with E-state index in [4.69, 9.17) is 4.74 Å². The van der Waals surface area contributed by atoms with Gasteiger partial charge in [-0.1, -0.05) is 31.9 Å². The highest BCUT2D eigenvalue weighted by Gasteiger charge is 1.96. The Bertz CT molecular complexity index is 286. The standard InChI is InChI=1S/C14H23NO/c1-3-4-5-11-16-14-8-6-7-13(12-14)9-10-15-2/h6-8,12,15H,3-5,9-11H2,1-2H3. The first-order valence-electron chi connectivity index (χ1n) is 6.23. The van der Waals surface area contributed by atoms with Gasteiger partial charge in [-0.15, -0.1) is 0 Å². The van der Waals surface area contributed by atoms with Gasteiger partial charge >= 0.3 is 0 Å². The Morgan fingerprint density at radius 1 is 1.25 bits per heavy atom. The molecule has 0 saturated heterocycles. The van der Waals surface area contributed by atoms with Crippen molar-refractivity contribution in [2.24, 2.45) is 0 Å². The van der Waals surface area contributed by atoms with Gasteiger partial charge in [0.2, 0.25) is 0 Å². The Hall–Kier alpha value is -1.02. The van der Waals surface area contributed by atoms with Gasteiger partial charge in [0.05, 0.1) is 6.61 Å². The molecule has 1 rings (SSSR count). The van der Waals surface area contributed by atoms with E-state index in [9.17, 15) is 0 Å². The lowest BCUT2D eigenvalue weighted by atomic mass is 10.1. The van der Waals surface area contributed by atoms with Crippen LogP contribution in [0, 0.1) is 0 Å². The summed E-state index contributed by atoms with van der Waals surface area (Å²) in [5.74, 6) is 1.00. The quantitative estimate of drug-likeness (QED) is 0.681. The van der Waals surface area contributed by atoms with Crippen LogP contribution in [0.25, 0.3) is 0 Å². The van der Waals surface area contributed by atoms with Crippen LogP contribution in [0.15, 0.2) is 24.3 Å². The van der Waals surface area contributed by atoms with Crippen molar-refractivity contribution in [3.8, 4) is 5.75 Å². The van der Waals surface area contributed by atoms with E-state index in [-0.39, 0.29) is 0 Å². The molecule has 2 nitrogen and oxygen atoms in total. The maximum Gasteiger partial charge on any atom is 0.119 e. The molecule has 16 heavy (non-hydrogen) atoms. The second-order valence-electron chi connectivity index (χ2n) is 4.06. The third-order valence-electron chi connectivity index (χ3n) is 2.58. The van der Waals surface area contributed by atoms with E-state index >= 15 is 0 Å². The molecule has 0 aliphatic carbocycles. The fourth-order valence-electron chi connectivity index (χ4n) is 1.60. The minimum atomic E-state index is 0.837. The minimum Gasteiger partial charge on any atom is -0.494 e. The SMILES string of the molecule is CCCCCOc1cccc(CCNC)c1. The lowest BCUT2D eigenvalue weighted by Gasteiger charge is -2.07. The third-order valence-corrected chi connectivity index (χ3v) is 2.58. The summed E-state index contributed by atoms with van der Waals surface area (Å²) in [6.07, 6.45) is 4.70. The van der Waals surface area contributed by atoms with Gasteiger partial charge in [0.25, 0.3) is 0 Å². The molecule has 0 aromatic heterocycles. The van der Waals surface area contributed by atoms with Crippen molar-refractivity contribution in [1.29, 1.82) is 0 Å². The van der Waals surface area contributed by atoms with Crippen LogP contribution in [0.5, 0.6) is 5.75 Å². The molecular formula is C14H23NO. The molecule has 0 spiro atoms. The molecule has 0 aliphatic rings. The van der Waals surface area contributed by atoms with E-state index in [1.54, 1.807) is 0 Å². The highest BCUT2D eigenvalue weighted by atomic mass is 16.5. The average Bonchev–Trinajstić information content (AvgIpc) is 2.33. The maximum absolute atomic E-state index is 5.71. The maximum atomic E-state index is 5.71. The zero-order valence-electron chi connectivity index (χ0n) is 10.5. The summed E-state index contributed by atoms with van der Waals surface area (Å²) in [5, 5.41) is 3.15. The number of likely N-dealkylation sites (N-methyl/N-ethyl adjacent to an activating group) is 1. The van der Waals surface area contributed by atoms with Gasteiger partial charge in [-0.05, 0) is 44.1 Å². The van der Waals surface area contributed by atoms with E-state index in [1.165, 1.54) is 18.4 Å². The molecule has 0 unspecified atom stereocenters. The van der Waals surface area contributed by atoms with Crippen LogP contribution in [-0.2, 0) is 6.42 Å². The molecule has 1 aromatic carbocycles. The molecule has 0 fully saturated rings. The lowest BCUT2D eigenvalue weighted by molar-refractivity contribution is 0.306. The smallest absolute Gasteiger partial charge is 0.119 e. The largest absolute Gasteiger partial charge is 0.494 e. The van der Waals surface area contributed by atoms with Crippen LogP contribution in [0.4, 0.5) is 0 Å². The second kappa shape index (κ2) is 8.17. The van der Waals surface area contributed by atoms with E-state index in [0.29, 0.717) is 0 Å². The highest BCUT2D eigenvalue weighted by molar-refractivity contribution is 5.28. The fraction of sp³-hybridized carbons (Fsp3) is 0.571. The predicted molar refractivity (Wildman–Crippen MR) is 69.1 cm³/mol. The Morgan fingerprint density at radius 2 is 2.12 bits per heavy atom. The Balaban J connectivity index is 2.35. The number of unbranched alkanes of at least 4 members (excludes halogenated alkanes) is 2. The summed E-state index contributed by atoms with van der Waals surface area (Å²) in [7, 11) is 1.98. The average molecular weight is 221 g/mol. The van der Waals surface area contributed by atoms with Gasteiger partial charge < -0.3 is 10.1 Å². The first-order chi connectivity index (χ1) is 7.86. The van der Waals surface area contributed by atoms with Gasteiger partial charge in [0.15, 0.2) is 0 Å². The molecule has 1 N–H and O–H groups in total. The normalized spacial score (nSPS) is 10.4. The van der Waals surface area contributed by atoms with Crippen LogP contribution in [0.2, 0.25) is 0 Å². The summed E-state index contributed by atoms with van der Waals surface area (Å²) in [4.78, 5) is 0. The molecule has 0 bridgehead atoms. The van der Waals surface area contributed by atoms with Gasteiger partial charge in [-0.25, -0.2) is 0 Å². The zero-order chi connectivity index (χ0) is 11.6. The number of rotatable bonds is 8. The summed E-state index contributed by atoms with van der Waals surface area (Å²) >= 11 is 0. The van der Waals surface area contributed by atoms with Crippen LogP contribution in [0.3, 0.4) is 0 Å². The molecule has 90 valence electrons. The van der Waals surface area contributed by atoms with Crippen molar-refractivity contribution in [3.05, 3.63) is 29.8 Å². The first kappa shape index (κ1) is 13.0. The second-order valence-corrected chi connectivity index (χ2v) is 4.06. The van der Waals surface area contributed by atoms with Gasteiger partial charge in [0, 0.05) is 0 Å². The van der Waals surface area contributed by atoms with Gasteiger partial charge in [0.1, 0.15) is 5.75 Å². The zero-order valence-corrected chi connectivity index (χ0v) is 10.5. The summed E-state index contributed by atoms with van der Waals surface area (Å²) in [6.45, 7) is 4.06. The number of benzene rings is 1. The minimum absolute atomic E-state index is 0.837. The molecule has 0 saturated carbocycles. The number of hydrogen-bond donors (Lipinski definition) is 1. The van der Waals surface area contributed by atoms with Crippen molar-refractivity contribution >= 4 is 0 Å². The number of nitrogens with one attached hydrogen (secondary N) is 1. The van der Waals surface area contributed by atoms with Crippen molar-refractivity contribution in [1.82, 2.24) is 5.32 Å². The van der Waals surface area contributed by atoms with E-state index in [1.807, 2.05) is 13.1 Å². The lowest BCUT2D eigenvalue weighted by Crippen LogP contribution is -2.10. The Labute approximate surface area is 99.0 Å². The summed E-state index contributed by atoms with van der Waals surface area (Å²) in [6, 6.07) is 8.40. The molecule has 0 atom stereocenters. The fourth-order valence-corrected chi connectivity index (χ4v) is 1.60. The van der Waals surface area contributed by atoms with Crippen molar-refractivity contribution in [2.75, 3.05) is 20.2 Å². The van der Waals surface area contributed by atoms with Gasteiger partial charge in [-0.3, -0.25) is 0 Å². The highest BCUT2D eigenvalue weighted by Crippen LogP contribution is 2.14. The van der Waals surface area contributed by atoms with Crippen molar-refractivity contribution < 1.29 is 4.74 Å². The van der Waals surface area contributed by atoms with Gasteiger partial charge in [-0.2, -0.15) is 0 Å². The molecule has 2 heteroatoms. The monoisotopic (exact) mass is 221 g/mol. The Morgan fingerprint density at radius 3 is 2.88 bits per heavy atom. The summed E-state index contributed by atoms with van der Waals surface area (Å²) < 4.78 is 5.71. The topological polar surface area (TPSA) is 21.3 Å². The Kier molecular flexibility index (Phi) is 6.66. The number of hydrogen-bond acceptors (Lipinski definition) is 2. The van der Waals surface area contributed by atoms with E-state index in [2.05, 4.69) is 30.4 Å². The van der Waals surface area contributed by atoms with E-state index < -0.39 is 0 Å². The molecule has 0 amide bonds. The van der Waals surface area contributed by atoms with Crippen LogP contribution in [-0.4, -0.2) is 20.2 Å². The van der Waals surface area contributed by atoms with Crippen molar-refractivity contribution in [3.63, 3.8) is 0 Å². The number of ether oxygens (including phenoxy) is 1. The third kappa shape index (κ3) is 5.17. The van der Waals surface area contributed by atoms with E-state index in [0.717, 1.165) is 31.7 Å². The van der Waals surface area contributed by atoms with Crippen LogP contribution < -0.4 is 10.1 Å².